The number of likely N-dealkylation sites (tertiary alicyclic amines) is 1. The molecule has 1 aliphatic rings. The van der Waals surface area contributed by atoms with Crippen LogP contribution in [0.25, 0.3) is 0 Å². The molecule has 0 saturated carbocycles. The number of nitrogens with zero attached hydrogens (tertiary/aromatic N) is 4. The van der Waals surface area contributed by atoms with Crippen LogP contribution in [0.5, 0.6) is 5.75 Å². The van der Waals surface area contributed by atoms with Crippen LogP contribution in [0.2, 0.25) is 0 Å². The predicted molar refractivity (Wildman–Crippen MR) is 105 cm³/mol. The molecule has 140 valence electrons. The van der Waals surface area contributed by atoms with Crippen LogP contribution in [0.4, 0.5) is 0 Å². The van der Waals surface area contributed by atoms with Gasteiger partial charge >= 0.3 is 0 Å². The van der Waals surface area contributed by atoms with Gasteiger partial charge in [0.2, 0.25) is 0 Å². The topological polar surface area (TPSA) is 43.2 Å². The van der Waals surface area contributed by atoms with Crippen molar-refractivity contribution in [3.8, 4) is 5.75 Å². The Balaban J connectivity index is 1.44. The molecule has 1 saturated heterocycles. The maximum absolute atomic E-state index is 6.10. The van der Waals surface area contributed by atoms with E-state index >= 15 is 0 Å². The summed E-state index contributed by atoms with van der Waals surface area (Å²) in [6.07, 6.45) is 11.1. The average molecular weight is 362 g/mol. The van der Waals surface area contributed by atoms with Crippen molar-refractivity contribution in [2.45, 2.75) is 38.4 Å². The molecule has 0 radical (unpaired) electrons. The van der Waals surface area contributed by atoms with Gasteiger partial charge in [0.1, 0.15) is 12.4 Å². The minimum Gasteiger partial charge on any atom is -0.491 e. The normalized spacial score (nSPS) is 17.7. The van der Waals surface area contributed by atoms with E-state index in [4.69, 9.17) is 4.74 Å². The smallest absolute Gasteiger partial charge is 0.123 e. The third-order valence-corrected chi connectivity index (χ3v) is 5.16. The number of hydrogen-bond acceptors (Lipinski definition) is 4. The standard InChI is InChI=1S/C22H26N4O/c1-2-10-22(27-16-15-25-14-12-23-18-25)19(7-1)17-26-13-6-4-9-21(26)20-8-3-5-11-24-20/h1-3,5,7-8,10-12,14,18,21H,4,6,9,13,15-17H2. The van der Waals surface area contributed by atoms with E-state index in [0.717, 1.165) is 25.4 Å². The number of hydrogen-bond donors (Lipinski definition) is 0. The quantitative estimate of drug-likeness (QED) is 0.635. The van der Waals surface area contributed by atoms with Crippen LogP contribution in [0.3, 0.4) is 0 Å². The van der Waals surface area contributed by atoms with Crippen molar-refractivity contribution in [3.63, 3.8) is 0 Å². The Kier molecular flexibility index (Phi) is 5.80. The summed E-state index contributed by atoms with van der Waals surface area (Å²) in [4.78, 5) is 11.2. The van der Waals surface area contributed by atoms with Gasteiger partial charge in [0.05, 0.1) is 24.6 Å². The first-order valence-corrected chi connectivity index (χ1v) is 9.71. The molecule has 1 fully saturated rings. The fourth-order valence-corrected chi connectivity index (χ4v) is 3.76. The molecule has 0 amide bonds. The predicted octanol–water partition coefficient (Wildman–Crippen LogP) is 4.08. The molecule has 5 heteroatoms. The summed E-state index contributed by atoms with van der Waals surface area (Å²) in [7, 11) is 0. The molecule has 0 bridgehead atoms. The van der Waals surface area contributed by atoms with Gasteiger partial charge in [-0.25, -0.2) is 4.98 Å². The Hall–Kier alpha value is -2.66. The van der Waals surface area contributed by atoms with Crippen LogP contribution in [-0.2, 0) is 13.1 Å². The molecule has 0 spiro atoms. The lowest BCUT2D eigenvalue weighted by atomic mass is 9.98. The van der Waals surface area contributed by atoms with E-state index < -0.39 is 0 Å². The lowest BCUT2D eigenvalue weighted by Crippen LogP contribution is -2.33. The summed E-state index contributed by atoms with van der Waals surface area (Å²) < 4.78 is 8.13. The summed E-state index contributed by atoms with van der Waals surface area (Å²) in [5, 5.41) is 0. The van der Waals surface area contributed by atoms with Crippen molar-refractivity contribution < 1.29 is 4.74 Å². The van der Waals surface area contributed by atoms with Gasteiger partial charge in [0, 0.05) is 30.7 Å². The summed E-state index contributed by atoms with van der Waals surface area (Å²) in [5.41, 5.74) is 2.42. The molecule has 1 atom stereocenters. The molecule has 1 aliphatic heterocycles. The van der Waals surface area contributed by atoms with Crippen molar-refractivity contribution >= 4 is 0 Å². The Labute approximate surface area is 160 Å². The second kappa shape index (κ2) is 8.82. The fourth-order valence-electron chi connectivity index (χ4n) is 3.76. The molecule has 27 heavy (non-hydrogen) atoms. The van der Waals surface area contributed by atoms with Gasteiger partial charge < -0.3 is 9.30 Å². The van der Waals surface area contributed by atoms with Crippen LogP contribution in [0.1, 0.15) is 36.6 Å². The minimum atomic E-state index is 0.388. The van der Waals surface area contributed by atoms with Gasteiger partial charge in [-0.3, -0.25) is 9.88 Å². The van der Waals surface area contributed by atoms with Crippen LogP contribution >= 0.6 is 0 Å². The fraction of sp³-hybridized carbons (Fsp3) is 0.364. The van der Waals surface area contributed by atoms with Gasteiger partial charge in [-0.1, -0.05) is 30.7 Å². The first kappa shape index (κ1) is 17.7. The highest BCUT2D eigenvalue weighted by atomic mass is 16.5. The second-order valence-corrected chi connectivity index (χ2v) is 6.99. The van der Waals surface area contributed by atoms with Crippen LogP contribution in [0, 0.1) is 0 Å². The zero-order valence-electron chi connectivity index (χ0n) is 15.6. The molecule has 5 nitrogen and oxygen atoms in total. The summed E-state index contributed by atoms with van der Waals surface area (Å²) >= 11 is 0. The van der Waals surface area contributed by atoms with E-state index in [9.17, 15) is 0 Å². The number of rotatable bonds is 7. The molecular weight excluding hydrogens is 336 g/mol. The van der Waals surface area contributed by atoms with Crippen molar-refractivity contribution in [1.82, 2.24) is 19.4 Å². The largest absolute Gasteiger partial charge is 0.491 e. The number of pyridine rings is 1. The van der Waals surface area contributed by atoms with Gasteiger partial charge in [-0.05, 0) is 37.6 Å². The number of ether oxygens (including phenoxy) is 1. The zero-order chi connectivity index (χ0) is 18.3. The van der Waals surface area contributed by atoms with Crippen molar-refractivity contribution in [2.75, 3.05) is 13.2 Å². The first-order chi connectivity index (χ1) is 13.4. The van der Waals surface area contributed by atoms with Crippen LogP contribution < -0.4 is 4.74 Å². The lowest BCUT2D eigenvalue weighted by Gasteiger charge is -2.35. The molecule has 2 aromatic heterocycles. The molecule has 3 aromatic rings. The minimum absolute atomic E-state index is 0.388. The second-order valence-electron chi connectivity index (χ2n) is 6.99. The Morgan fingerprint density at radius 1 is 1.04 bits per heavy atom. The Morgan fingerprint density at radius 2 is 1.96 bits per heavy atom. The van der Waals surface area contributed by atoms with Crippen LogP contribution in [0.15, 0.2) is 67.4 Å². The monoisotopic (exact) mass is 362 g/mol. The van der Waals surface area contributed by atoms with E-state index in [1.54, 1.807) is 6.20 Å². The maximum atomic E-state index is 6.10. The molecule has 3 heterocycles. The van der Waals surface area contributed by atoms with E-state index in [1.165, 1.54) is 30.5 Å². The average Bonchev–Trinajstić information content (AvgIpc) is 3.24. The zero-order valence-corrected chi connectivity index (χ0v) is 15.6. The van der Waals surface area contributed by atoms with Gasteiger partial charge in [0.25, 0.3) is 0 Å². The third-order valence-electron chi connectivity index (χ3n) is 5.16. The number of benzene rings is 1. The number of para-hydroxylation sites is 1. The van der Waals surface area contributed by atoms with E-state index in [1.807, 2.05) is 35.4 Å². The van der Waals surface area contributed by atoms with E-state index in [-0.39, 0.29) is 0 Å². The highest BCUT2D eigenvalue weighted by Crippen LogP contribution is 2.32. The summed E-state index contributed by atoms with van der Waals surface area (Å²) in [5.74, 6) is 0.975. The van der Waals surface area contributed by atoms with E-state index in [0.29, 0.717) is 12.6 Å². The highest BCUT2D eigenvalue weighted by Gasteiger charge is 2.25. The molecule has 0 aliphatic carbocycles. The lowest BCUT2D eigenvalue weighted by molar-refractivity contribution is 0.135. The molecule has 1 unspecified atom stereocenters. The number of imidazole rings is 1. The molecule has 1 aromatic carbocycles. The van der Waals surface area contributed by atoms with E-state index in [2.05, 4.69) is 45.2 Å². The van der Waals surface area contributed by atoms with Crippen LogP contribution in [-0.4, -0.2) is 32.6 Å². The molecule has 0 N–H and O–H groups in total. The summed E-state index contributed by atoms with van der Waals surface area (Å²) in [6.45, 7) is 3.43. The Morgan fingerprint density at radius 3 is 2.81 bits per heavy atom. The highest BCUT2D eigenvalue weighted by molar-refractivity contribution is 5.33. The summed E-state index contributed by atoms with van der Waals surface area (Å²) in [6, 6.07) is 15.0. The van der Waals surface area contributed by atoms with Crippen molar-refractivity contribution in [2.24, 2.45) is 0 Å². The van der Waals surface area contributed by atoms with Gasteiger partial charge in [0.15, 0.2) is 0 Å². The SMILES string of the molecule is c1ccc(C2CCCCN2Cc2ccccc2OCCn2ccnc2)nc1. The third kappa shape index (κ3) is 4.55. The van der Waals surface area contributed by atoms with Gasteiger partial charge in [-0.15, -0.1) is 0 Å². The van der Waals surface area contributed by atoms with Crippen molar-refractivity contribution in [3.05, 3.63) is 78.6 Å². The number of piperidine rings is 1. The maximum Gasteiger partial charge on any atom is 0.123 e. The Bertz CT molecular complexity index is 819. The van der Waals surface area contributed by atoms with Gasteiger partial charge in [-0.2, -0.15) is 0 Å². The molecular formula is C22H26N4O. The molecule has 4 rings (SSSR count). The number of aromatic nitrogens is 3. The first-order valence-electron chi connectivity index (χ1n) is 9.71. The van der Waals surface area contributed by atoms with Crippen molar-refractivity contribution in [1.29, 1.82) is 0 Å².